The second-order valence-corrected chi connectivity index (χ2v) is 6.51. The standard InChI is InChI=1S/C16H21N3OS/c1-2-3-4-8-19-14-7-5-6-11(14)9-12(15(19)20)13-10-21-16(17)18-13/h9-10H,2-8H2,1H3,(H2,17,18). The number of rotatable bonds is 5. The van der Waals surface area contributed by atoms with E-state index in [1.54, 1.807) is 0 Å². The van der Waals surface area contributed by atoms with Gasteiger partial charge in [0.2, 0.25) is 0 Å². The second kappa shape index (κ2) is 6.02. The van der Waals surface area contributed by atoms with E-state index in [0.29, 0.717) is 10.7 Å². The first-order valence-corrected chi connectivity index (χ1v) is 8.55. The summed E-state index contributed by atoms with van der Waals surface area (Å²) in [5, 5.41) is 2.39. The minimum Gasteiger partial charge on any atom is -0.375 e. The Morgan fingerprint density at radius 2 is 2.24 bits per heavy atom. The van der Waals surface area contributed by atoms with Crippen molar-refractivity contribution in [3.63, 3.8) is 0 Å². The third kappa shape index (κ3) is 2.75. The summed E-state index contributed by atoms with van der Waals surface area (Å²) in [5.41, 5.74) is 9.79. The van der Waals surface area contributed by atoms with Crippen LogP contribution in [0.1, 0.15) is 43.9 Å². The van der Waals surface area contributed by atoms with Crippen molar-refractivity contribution < 1.29 is 0 Å². The van der Waals surface area contributed by atoms with Gasteiger partial charge >= 0.3 is 0 Å². The molecule has 2 N–H and O–H groups in total. The highest BCUT2D eigenvalue weighted by Gasteiger charge is 2.20. The summed E-state index contributed by atoms with van der Waals surface area (Å²) in [6.45, 7) is 3.00. The normalized spacial score (nSPS) is 13.6. The zero-order valence-corrected chi connectivity index (χ0v) is 13.2. The summed E-state index contributed by atoms with van der Waals surface area (Å²) in [4.78, 5) is 17.1. The summed E-state index contributed by atoms with van der Waals surface area (Å²) in [6, 6.07) is 2.04. The largest absolute Gasteiger partial charge is 0.375 e. The highest BCUT2D eigenvalue weighted by molar-refractivity contribution is 7.13. The summed E-state index contributed by atoms with van der Waals surface area (Å²) in [7, 11) is 0. The zero-order chi connectivity index (χ0) is 14.8. The Bertz CT molecular complexity index is 702. The first-order valence-electron chi connectivity index (χ1n) is 7.67. The van der Waals surface area contributed by atoms with E-state index < -0.39 is 0 Å². The highest BCUT2D eigenvalue weighted by Crippen LogP contribution is 2.27. The van der Waals surface area contributed by atoms with Gasteiger partial charge < -0.3 is 10.3 Å². The number of aromatic nitrogens is 2. The molecule has 2 aromatic heterocycles. The number of anilines is 1. The summed E-state index contributed by atoms with van der Waals surface area (Å²) in [5.74, 6) is 0. The quantitative estimate of drug-likeness (QED) is 0.863. The Kier molecular flexibility index (Phi) is 4.10. The van der Waals surface area contributed by atoms with Crippen molar-refractivity contribution in [1.82, 2.24) is 9.55 Å². The Hall–Kier alpha value is -1.62. The van der Waals surface area contributed by atoms with Crippen LogP contribution in [0.3, 0.4) is 0 Å². The topological polar surface area (TPSA) is 60.9 Å². The molecule has 2 aromatic rings. The number of nitrogens with zero attached hydrogens (tertiary/aromatic N) is 2. The highest BCUT2D eigenvalue weighted by atomic mass is 32.1. The number of aryl methyl sites for hydroxylation is 1. The van der Waals surface area contributed by atoms with Crippen LogP contribution in [0, 0.1) is 0 Å². The van der Waals surface area contributed by atoms with E-state index in [2.05, 4.69) is 11.9 Å². The van der Waals surface area contributed by atoms with Crippen molar-refractivity contribution in [1.29, 1.82) is 0 Å². The number of nitrogens with two attached hydrogens (primary N) is 1. The van der Waals surface area contributed by atoms with Gasteiger partial charge in [0.05, 0.1) is 11.3 Å². The van der Waals surface area contributed by atoms with Crippen LogP contribution in [0.15, 0.2) is 16.2 Å². The molecule has 0 radical (unpaired) electrons. The van der Waals surface area contributed by atoms with Crippen molar-refractivity contribution >= 4 is 16.5 Å². The van der Waals surface area contributed by atoms with Crippen LogP contribution in [0.5, 0.6) is 0 Å². The van der Waals surface area contributed by atoms with Gasteiger partial charge in [-0.3, -0.25) is 4.79 Å². The van der Waals surface area contributed by atoms with Crippen LogP contribution in [0.25, 0.3) is 11.3 Å². The van der Waals surface area contributed by atoms with Gasteiger partial charge in [-0.05, 0) is 37.3 Å². The van der Waals surface area contributed by atoms with E-state index in [-0.39, 0.29) is 5.56 Å². The molecular formula is C16H21N3OS. The van der Waals surface area contributed by atoms with E-state index in [0.717, 1.165) is 44.3 Å². The molecule has 3 rings (SSSR count). The van der Waals surface area contributed by atoms with Gasteiger partial charge in [0.1, 0.15) is 0 Å². The molecule has 4 nitrogen and oxygen atoms in total. The predicted molar refractivity (Wildman–Crippen MR) is 87.8 cm³/mol. The molecule has 0 aliphatic heterocycles. The predicted octanol–water partition coefficient (Wildman–Crippen LogP) is 3.23. The molecule has 0 atom stereocenters. The maximum atomic E-state index is 12.8. The number of nitrogen functional groups attached to an aromatic ring is 1. The molecular weight excluding hydrogens is 282 g/mol. The van der Waals surface area contributed by atoms with Crippen molar-refractivity contribution in [2.24, 2.45) is 0 Å². The average molecular weight is 303 g/mol. The Morgan fingerprint density at radius 3 is 2.95 bits per heavy atom. The number of fused-ring (bicyclic) bond motifs is 1. The molecule has 0 bridgehead atoms. The van der Waals surface area contributed by atoms with E-state index in [9.17, 15) is 4.79 Å². The fourth-order valence-electron chi connectivity index (χ4n) is 3.07. The van der Waals surface area contributed by atoms with Crippen LogP contribution in [0.2, 0.25) is 0 Å². The molecule has 0 unspecified atom stereocenters. The van der Waals surface area contributed by atoms with Crippen molar-refractivity contribution in [2.75, 3.05) is 5.73 Å². The molecule has 2 heterocycles. The Morgan fingerprint density at radius 1 is 1.38 bits per heavy atom. The lowest BCUT2D eigenvalue weighted by Crippen LogP contribution is -2.25. The lowest BCUT2D eigenvalue weighted by molar-refractivity contribution is 0.570. The first-order chi connectivity index (χ1) is 10.2. The fraction of sp³-hybridized carbons (Fsp3) is 0.500. The number of pyridine rings is 1. The SMILES string of the molecule is CCCCCn1c2c(cc(-c3csc(N)n3)c1=O)CCC2. The second-order valence-electron chi connectivity index (χ2n) is 5.62. The molecule has 112 valence electrons. The van der Waals surface area contributed by atoms with E-state index in [1.165, 1.54) is 29.0 Å². The van der Waals surface area contributed by atoms with Gasteiger partial charge in [0.25, 0.3) is 5.56 Å². The lowest BCUT2D eigenvalue weighted by atomic mass is 10.1. The van der Waals surface area contributed by atoms with Crippen molar-refractivity contribution in [3.05, 3.63) is 33.1 Å². The van der Waals surface area contributed by atoms with Gasteiger partial charge in [-0.2, -0.15) is 0 Å². The van der Waals surface area contributed by atoms with Crippen LogP contribution in [0.4, 0.5) is 5.13 Å². The molecule has 21 heavy (non-hydrogen) atoms. The molecule has 0 saturated carbocycles. The molecule has 1 aliphatic rings. The van der Waals surface area contributed by atoms with Gasteiger partial charge in [0.15, 0.2) is 5.13 Å². The minimum absolute atomic E-state index is 0.0945. The molecule has 0 spiro atoms. The number of thiazole rings is 1. The van der Waals surface area contributed by atoms with Crippen LogP contribution in [-0.4, -0.2) is 9.55 Å². The molecule has 1 aliphatic carbocycles. The minimum atomic E-state index is 0.0945. The third-order valence-corrected chi connectivity index (χ3v) is 4.81. The summed E-state index contributed by atoms with van der Waals surface area (Å²) >= 11 is 1.39. The number of unbranched alkanes of at least 4 members (excludes halogenated alkanes) is 2. The van der Waals surface area contributed by atoms with E-state index in [4.69, 9.17) is 5.73 Å². The fourth-order valence-corrected chi connectivity index (χ4v) is 3.63. The van der Waals surface area contributed by atoms with Crippen LogP contribution >= 0.6 is 11.3 Å². The molecule has 0 aromatic carbocycles. The molecule has 0 saturated heterocycles. The van der Waals surface area contributed by atoms with Crippen LogP contribution in [-0.2, 0) is 19.4 Å². The van der Waals surface area contributed by atoms with Gasteiger partial charge in [-0.25, -0.2) is 4.98 Å². The summed E-state index contributed by atoms with van der Waals surface area (Å²) in [6.07, 6.45) is 6.62. The average Bonchev–Trinajstić information content (AvgIpc) is 3.09. The zero-order valence-electron chi connectivity index (χ0n) is 12.4. The third-order valence-electron chi connectivity index (χ3n) is 4.13. The van der Waals surface area contributed by atoms with Crippen molar-refractivity contribution in [3.8, 4) is 11.3 Å². The molecule has 5 heteroatoms. The van der Waals surface area contributed by atoms with Crippen LogP contribution < -0.4 is 11.3 Å². The number of hydrogen-bond acceptors (Lipinski definition) is 4. The van der Waals surface area contributed by atoms with Crippen molar-refractivity contribution in [2.45, 2.75) is 52.0 Å². The first kappa shape index (κ1) is 14.3. The maximum Gasteiger partial charge on any atom is 0.260 e. The number of hydrogen-bond donors (Lipinski definition) is 1. The lowest BCUT2D eigenvalue weighted by Gasteiger charge is -2.14. The Labute approximate surface area is 128 Å². The molecule has 0 fully saturated rings. The summed E-state index contributed by atoms with van der Waals surface area (Å²) < 4.78 is 1.99. The van der Waals surface area contributed by atoms with Gasteiger partial charge in [0, 0.05) is 17.6 Å². The van der Waals surface area contributed by atoms with Gasteiger partial charge in [-0.1, -0.05) is 19.8 Å². The smallest absolute Gasteiger partial charge is 0.260 e. The Balaban J connectivity index is 2.06. The maximum absolute atomic E-state index is 12.8. The molecule has 0 amide bonds. The van der Waals surface area contributed by atoms with Gasteiger partial charge in [-0.15, -0.1) is 11.3 Å². The van der Waals surface area contributed by atoms with E-state index >= 15 is 0 Å². The monoisotopic (exact) mass is 303 g/mol. The van der Waals surface area contributed by atoms with E-state index in [1.807, 2.05) is 16.0 Å².